The number of rotatable bonds is 4. The van der Waals surface area contributed by atoms with E-state index in [1.165, 1.54) is 5.56 Å². The van der Waals surface area contributed by atoms with Crippen LogP contribution in [-0.4, -0.2) is 24.3 Å². The van der Waals surface area contributed by atoms with Crippen LogP contribution in [0.1, 0.15) is 37.7 Å². The molecule has 110 valence electrons. The molecule has 1 aromatic rings. The minimum Gasteiger partial charge on any atom is -0.497 e. The van der Waals surface area contributed by atoms with E-state index in [0.717, 1.165) is 44.3 Å². The molecule has 2 aliphatic rings. The summed E-state index contributed by atoms with van der Waals surface area (Å²) in [6.07, 6.45) is 5.94. The van der Waals surface area contributed by atoms with Crippen molar-refractivity contribution in [3.05, 3.63) is 29.8 Å². The second-order valence-electron chi connectivity index (χ2n) is 5.90. The van der Waals surface area contributed by atoms with Gasteiger partial charge in [0.05, 0.1) is 13.2 Å². The molecule has 0 saturated carbocycles. The maximum atomic E-state index is 9.09. The van der Waals surface area contributed by atoms with Gasteiger partial charge >= 0.3 is 0 Å². The lowest BCUT2D eigenvalue weighted by atomic mass is 9.85. The van der Waals surface area contributed by atoms with E-state index >= 15 is 0 Å². The van der Waals surface area contributed by atoms with Crippen LogP contribution in [0.5, 0.6) is 5.75 Å². The van der Waals surface area contributed by atoms with Gasteiger partial charge in [0.25, 0.3) is 0 Å². The third-order valence-corrected chi connectivity index (χ3v) is 4.66. The summed E-state index contributed by atoms with van der Waals surface area (Å²) in [6, 6.07) is 8.24. The monoisotopic (exact) mass is 278 g/mol. The Morgan fingerprint density at radius 1 is 1.25 bits per heavy atom. The molecule has 0 aromatic heterocycles. The Bertz CT molecular complexity index is 444. The molecule has 2 fully saturated rings. The fourth-order valence-corrected chi connectivity index (χ4v) is 3.50. The van der Waals surface area contributed by atoms with E-state index in [-0.39, 0.29) is 6.10 Å². The highest BCUT2D eigenvalue weighted by atomic mass is 17.1. The Morgan fingerprint density at radius 3 is 2.75 bits per heavy atom. The predicted molar refractivity (Wildman–Crippen MR) is 74.6 cm³/mol. The van der Waals surface area contributed by atoms with Crippen LogP contribution in [0.15, 0.2) is 24.3 Å². The Hall–Kier alpha value is -1.10. The number of ether oxygens (including phenoxy) is 2. The Labute approximate surface area is 119 Å². The summed E-state index contributed by atoms with van der Waals surface area (Å²) in [5.74, 6) is 0.668. The molecule has 3 rings (SSSR count). The molecule has 2 aliphatic heterocycles. The van der Waals surface area contributed by atoms with Crippen LogP contribution in [0.25, 0.3) is 0 Å². The number of hydrogen-bond acceptors (Lipinski definition) is 4. The molecule has 0 radical (unpaired) electrons. The maximum absolute atomic E-state index is 9.09. The zero-order valence-corrected chi connectivity index (χ0v) is 11.9. The number of benzene rings is 1. The van der Waals surface area contributed by atoms with Gasteiger partial charge in [0, 0.05) is 12.8 Å². The molecule has 4 heteroatoms. The molecule has 2 saturated heterocycles. The molecule has 0 unspecified atom stereocenters. The Balaban J connectivity index is 1.68. The van der Waals surface area contributed by atoms with Crippen LogP contribution in [0.3, 0.4) is 0 Å². The van der Waals surface area contributed by atoms with Crippen LogP contribution in [0.2, 0.25) is 0 Å². The molecule has 2 heterocycles. The average Bonchev–Trinajstić information content (AvgIpc) is 2.83. The SMILES string of the molecule is COc1ccc(C[C@H]2CCC[C@]3(OO)CC[C@H]2O3)cc1. The van der Waals surface area contributed by atoms with E-state index in [4.69, 9.17) is 14.7 Å². The smallest absolute Gasteiger partial charge is 0.201 e. The van der Waals surface area contributed by atoms with E-state index in [0.29, 0.717) is 5.92 Å². The van der Waals surface area contributed by atoms with Crippen molar-refractivity contribution in [1.82, 2.24) is 0 Å². The quantitative estimate of drug-likeness (QED) is 0.677. The zero-order chi connectivity index (χ0) is 14.0. The summed E-state index contributed by atoms with van der Waals surface area (Å²) in [5.41, 5.74) is 1.31. The summed E-state index contributed by atoms with van der Waals surface area (Å²) in [5, 5.41) is 9.09. The highest BCUT2D eigenvalue weighted by Gasteiger charge is 2.46. The minimum atomic E-state index is -0.723. The second kappa shape index (κ2) is 5.72. The van der Waals surface area contributed by atoms with Crippen LogP contribution in [-0.2, 0) is 16.0 Å². The summed E-state index contributed by atoms with van der Waals surface area (Å²) in [4.78, 5) is 4.64. The fourth-order valence-electron chi connectivity index (χ4n) is 3.50. The van der Waals surface area contributed by atoms with Gasteiger partial charge in [-0.1, -0.05) is 12.1 Å². The molecule has 1 aromatic carbocycles. The highest BCUT2D eigenvalue weighted by Crippen LogP contribution is 2.43. The van der Waals surface area contributed by atoms with Gasteiger partial charge in [-0.3, -0.25) is 0 Å². The lowest BCUT2D eigenvalue weighted by Crippen LogP contribution is -2.31. The summed E-state index contributed by atoms with van der Waals surface area (Å²) < 4.78 is 11.2. The van der Waals surface area contributed by atoms with Gasteiger partial charge < -0.3 is 9.47 Å². The van der Waals surface area contributed by atoms with Crippen molar-refractivity contribution in [2.75, 3.05) is 7.11 Å². The predicted octanol–water partition coefficient (Wildman–Crippen LogP) is 3.40. The molecule has 0 amide bonds. The fraction of sp³-hybridized carbons (Fsp3) is 0.625. The molecule has 20 heavy (non-hydrogen) atoms. The van der Waals surface area contributed by atoms with Gasteiger partial charge in [0.2, 0.25) is 5.79 Å². The first-order valence-electron chi connectivity index (χ1n) is 7.38. The number of hydrogen-bond donors (Lipinski definition) is 1. The molecule has 0 spiro atoms. The molecule has 1 N–H and O–H groups in total. The van der Waals surface area contributed by atoms with E-state index in [1.807, 2.05) is 12.1 Å². The number of methoxy groups -OCH3 is 1. The lowest BCUT2D eigenvalue weighted by molar-refractivity contribution is -0.399. The lowest BCUT2D eigenvalue weighted by Gasteiger charge is -2.24. The third kappa shape index (κ3) is 2.68. The Morgan fingerprint density at radius 2 is 2.05 bits per heavy atom. The summed E-state index contributed by atoms with van der Waals surface area (Å²) in [7, 11) is 1.68. The molecule has 0 aliphatic carbocycles. The molecular formula is C16H22O4. The molecule has 3 atom stereocenters. The first-order valence-corrected chi connectivity index (χ1v) is 7.38. The first-order chi connectivity index (χ1) is 9.74. The van der Waals surface area contributed by atoms with Crippen LogP contribution in [0, 0.1) is 5.92 Å². The Kier molecular flexibility index (Phi) is 3.96. The number of fused-ring (bicyclic) bond motifs is 2. The summed E-state index contributed by atoms with van der Waals surface area (Å²) >= 11 is 0. The zero-order valence-electron chi connectivity index (χ0n) is 11.9. The normalized spacial score (nSPS) is 32.9. The average molecular weight is 278 g/mol. The van der Waals surface area contributed by atoms with Gasteiger partial charge in [-0.25, -0.2) is 10.1 Å². The van der Waals surface area contributed by atoms with Crippen molar-refractivity contribution in [1.29, 1.82) is 0 Å². The van der Waals surface area contributed by atoms with Crippen molar-refractivity contribution in [2.24, 2.45) is 5.92 Å². The standard InChI is InChI=1S/C16H22O4/c1-18-14-6-4-12(5-7-14)11-13-3-2-9-16(20-17)10-8-15(13)19-16/h4-7,13,15,17H,2-3,8-11H2,1H3/t13-,15-,16+/m1/s1. The first kappa shape index (κ1) is 13.9. The van der Waals surface area contributed by atoms with Crippen molar-refractivity contribution in [2.45, 2.75) is 50.4 Å². The summed E-state index contributed by atoms with van der Waals surface area (Å²) in [6.45, 7) is 0. The molecule has 2 bridgehead atoms. The topological polar surface area (TPSA) is 47.9 Å². The van der Waals surface area contributed by atoms with E-state index in [9.17, 15) is 0 Å². The van der Waals surface area contributed by atoms with Crippen molar-refractivity contribution >= 4 is 0 Å². The largest absolute Gasteiger partial charge is 0.497 e. The van der Waals surface area contributed by atoms with Crippen LogP contribution in [0.4, 0.5) is 0 Å². The van der Waals surface area contributed by atoms with Gasteiger partial charge in [0.1, 0.15) is 5.75 Å². The van der Waals surface area contributed by atoms with Crippen LogP contribution >= 0.6 is 0 Å². The van der Waals surface area contributed by atoms with Gasteiger partial charge in [-0.2, -0.15) is 0 Å². The van der Waals surface area contributed by atoms with E-state index in [1.54, 1.807) is 7.11 Å². The van der Waals surface area contributed by atoms with Crippen molar-refractivity contribution < 1.29 is 19.6 Å². The van der Waals surface area contributed by atoms with Gasteiger partial charge in [0.15, 0.2) is 0 Å². The van der Waals surface area contributed by atoms with Gasteiger partial charge in [-0.05, 0) is 49.3 Å². The maximum Gasteiger partial charge on any atom is 0.201 e. The van der Waals surface area contributed by atoms with Gasteiger partial charge in [-0.15, -0.1) is 0 Å². The molecular weight excluding hydrogens is 256 g/mol. The second-order valence-corrected chi connectivity index (χ2v) is 5.90. The van der Waals surface area contributed by atoms with E-state index in [2.05, 4.69) is 17.0 Å². The third-order valence-electron chi connectivity index (χ3n) is 4.66. The van der Waals surface area contributed by atoms with Crippen LogP contribution < -0.4 is 4.74 Å². The van der Waals surface area contributed by atoms with Crippen molar-refractivity contribution in [3.8, 4) is 5.75 Å². The highest BCUT2D eigenvalue weighted by molar-refractivity contribution is 5.27. The van der Waals surface area contributed by atoms with E-state index < -0.39 is 5.79 Å². The molecule has 4 nitrogen and oxygen atoms in total. The van der Waals surface area contributed by atoms with Crippen molar-refractivity contribution in [3.63, 3.8) is 0 Å². The minimum absolute atomic E-state index is 0.201.